The van der Waals surface area contributed by atoms with Crippen LogP contribution >= 0.6 is 0 Å². The molecule has 0 aliphatic carbocycles. The quantitative estimate of drug-likeness (QED) is 0.428. The van der Waals surface area contributed by atoms with Gasteiger partial charge in [0.1, 0.15) is 17.3 Å². The Labute approximate surface area is 201 Å². The predicted octanol–water partition coefficient (Wildman–Crippen LogP) is 6.11. The standard InChI is InChI=1S/C27H27F3N2O3/c1-15-9-19-12-18(23-13-31-16(2)35-23)6-7-20(19)26(32(15)14-27(3,4)30)25-21(28)10-17(11-22(25)29)5-8-24(33)34/h5-8,10-13,15,26H,9,14H2,1-4H3,(H,33,34)/b8-5+/t15-,26+/m0/s1. The Kier molecular flexibility index (Phi) is 6.60. The Morgan fingerprint density at radius 2 is 1.94 bits per heavy atom. The number of halogens is 3. The van der Waals surface area contributed by atoms with Gasteiger partial charge in [0.2, 0.25) is 0 Å². The molecule has 1 aliphatic heterocycles. The summed E-state index contributed by atoms with van der Waals surface area (Å²) in [4.78, 5) is 16.7. The summed E-state index contributed by atoms with van der Waals surface area (Å²) in [5.41, 5.74) is 0.652. The number of benzene rings is 2. The topological polar surface area (TPSA) is 66.6 Å². The molecule has 184 valence electrons. The Morgan fingerprint density at radius 1 is 1.26 bits per heavy atom. The third-order valence-electron chi connectivity index (χ3n) is 6.11. The lowest BCUT2D eigenvalue weighted by Gasteiger charge is -2.44. The van der Waals surface area contributed by atoms with E-state index in [1.807, 2.05) is 13.0 Å². The highest BCUT2D eigenvalue weighted by Gasteiger charge is 2.39. The number of oxazole rings is 1. The van der Waals surface area contributed by atoms with Crippen LogP contribution in [0.2, 0.25) is 0 Å². The molecule has 1 N–H and O–H groups in total. The molecule has 0 radical (unpaired) electrons. The minimum absolute atomic E-state index is 0.0269. The monoisotopic (exact) mass is 484 g/mol. The maximum atomic E-state index is 15.4. The molecule has 35 heavy (non-hydrogen) atoms. The van der Waals surface area contributed by atoms with Gasteiger partial charge >= 0.3 is 5.97 Å². The van der Waals surface area contributed by atoms with Crippen molar-refractivity contribution >= 4 is 12.0 Å². The largest absolute Gasteiger partial charge is 0.478 e. The fourth-order valence-corrected chi connectivity index (χ4v) is 4.70. The first-order chi connectivity index (χ1) is 16.4. The summed E-state index contributed by atoms with van der Waals surface area (Å²) in [5, 5.41) is 8.83. The van der Waals surface area contributed by atoms with E-state index in [0.717, 1.165) is 35.4 Å². The Morgan fingerprint density at radius 3 is 2.51 bits per heavy atom. The number of carbonyl (C=O) groups is 1. The molecule has 0 unspecified atom stereocenters. The summed E-state index contributed by atoms with van der Waals surface area (Å²) in [6.45, 7) is 6.51. The predicted molar refractivity (Wildman–Crippen MR) is 127 cm³/mol. The van der Waals surface area contributed by atoms with Gasteiger partial charge < -0.3 is 9.52 Å². The number of aliphatic carboxylic acids is 1. The van der Waals surface area contributed by atoms with Crippen LogP contribution in [0.1, 0.15) is 55.0 Å². The lowest BCUT2D eigenvalue weighted by atomic mass is 9.82. The molecule has 3 aromatic rings. The third-order valence-corrected chi connectivity index (χ3v) is 6.11. The van der Waals surface area contributed by atoms with Gasteiger partial charge in [-0.1, -0.05) is 12.1 Å². The number of hydrogen-bond donors (Lipinski definition) is 1. The van der Waals surface area contributed by atoms with Crippen LogP contribution in [-0.2, 0) is 11.2 Å². The minimum Gasteiger partial charge on any atom is -0.478 e. The highest BCUT2D eigenvalue weighted by atomic mass is 19.1. The average Bonchev–Trinajstić information content (AvgIpc) is 3.19. The molecule has 5 nitrogen and oxygen atoms in total. The summed E-state index contributed by atoms with van der Waals surface area (Å²) in [6, 6.07) is 6.65. The van der Waals surface area contributed by atoms with Crippen LogP contribution in [0, 0.1) is 18.6 Å². The number of aryl methyl sites for hydroxylation is 1. The number of aromatic nitrogens is 1. The van der Waals surface area contributed by atoms with E-state index in [2.05, 4.69) is 4.98 Å². The number of nitrogens with zero attached hydrogens (tertiary/aromatic N) is 2. The van der Waals surface area contributed by atoms with E-state index in [-0.39, 0.29) is 23.7 Å². The van der Waals surface area contributed by atoms with Crippen LogP contribution in [0.25, 0.3) is 17.4 Å². The summed E-state index contributed by atoms with van der Waals surface area (Å²) in [7, 11) is 0. The zero-order valence-electron chi connectivity index (χ0n) is 20.0. The Hall–Kier alpha value is -3.39. The number of hydrogen-bond acceptors (Lipinski definition) is 4. The zero-order valence-corrected chi connectivity index (χ0v) is 20.0. The smallest absolute Gasteiger partial charge is 0.328 e. The molecule has 0 saturated carbocycles. The second-order valence-electron chi connectivity index (χ2n) is 9.57. The van der Waals surface area contributed by atoms with Gasteiger partial charge in [-0.15, -0.1) is 0 Å². The van der Waals surface area contributed by atoms with Crippen LogP contribution in [0.3, 0.4) is 0 Å². The lowest BCUT2D eigenvalue weighted by Crippen LogP contribution is -2.48. The van der Waals surface area contributed by atoms with E-state index in [1.54, 1.807) is 30.2 Å². The van der Waals surface area contributed by atoms with Crippen molar-refractivity contribution in [1.29, 1.82) is 0 Å². The highest BCUT2D eigenvalue weighted by molar-refractivity contribution is 5.85. The normalized spacial score (nSPS) is 18.7. The third kappa shape index (κ3) is 5.32. The van der Waals surface area contributed by atoms with Crippen molar-refractivity contribution in [2.24, 2.45) is 0 Å². The van der Waals surface area contributed by atoms with Crippen molar-refractivity contribution in [3.05, 3.63) is 82.4 Å². The van der Waals surface area contributed by atoms with Crippen molar-refractivity contribution in [3.63, 3.8) is 0 Å². The molecule has 1 aromatic heterocycles. The first kappa shape index (κ1) is 24.7. The molecule has 8 heteroatoms. The van der Waals surface area contributed by atoms with Gasteiger partial charge in [-0.25, -0.2) is 22.9 Å². The molecule has 2 atom stereocenters. The molecule has 2 heterocycles. The van der Waals surface area contributed by atoms with Gasteiger partial charge in [-0.05, 0) is 68.2 Å². The number of rotatable bonds is 6. The van der Waals surface area contributed by atoms with Gasteiger partial charge in [0, 0.05) is 36.7 Å². The minimum atomic E-state index is -1.60. The van der Waals surface area contributed by atoms with Gasteiger partial charge in [-0.3, -0.25) is 4.90 Å². The second kappa shape index (κ2) is 9.34. The van der Waals surface area contributed by atoms with Gasteiger partial charge in [0.15, 0.2) is 11.7 Å². The Bertz CT molecular complexity index is 1270. The van der Waals surface area contributed by atoms with E-state index in [4.69, 9.17) is 9.52 Å². The summed E-state index contributed by atoms with van der Waals surface area (Å²) >= 11 is 0. The SMILES string of the molecule is Cc1ncc(-c2ccc3c(c2)C[C@H](C)N(CC(C)(C)F)[C@H]3c2c(F)cc(/C=C/C(=O)O)cc2F)o1. The van der Waals surface area contributed by atoms with E-state index in [9.17, 15) is 9.18 Å². The van der Waals surface area contributed by atoms with E-state index in [1.165, 1.54) is 13.8 Å². The number of carboxylic acids is 1. The maximum absolute atomic E-state index is 15.4. The fourth-order valence-electron chi connectivity index (χ4n) is 4.70. The van der Waals surface area contributed by atoms with Crippen LogP contribution in [0.15, 0.2) is 47.0 Å². The van der Waals surface area contributed by atoms with E-state index in [0.29, 0.717) is 23.6 Å². The molecule has 0 saturated heterocycles. The summed E-state index contributed by atoms with van der Waals surface area (Å²) < 4.78 is 51.3. The van der Waals surface area contributed by atoms with Crippen molar-refractivity contribution in [3.8, 4) is 11.3 Å². The van der Waals surface area contributed by atoms with Crippen molar-refractivity contribution in [2.45, 2.75) is 51.9 Å². The average molecular weight is 485 g/mol. The molecule has 2 aromatic carbocycles. The Balaban J connectivity index is 1.86. The lowest BCUT2D eigenvalue weighted by molar-refractivity contribution is -0.131. The molecular formula is C27H27F3N2O3. The number of carboxylic acid groups (broad SMARTS) is 1. The second-order valence-corrected chi connectivity index (χ2v) is 9.57. The van der Waals surface area contributed by atoms with Crippen LogP contribution in [0.5, 0.6) is 0 Å². The summed E-state index contributed by atoms with van der Waals surface area (Å²) in [5.74, 6) is -1.75. The molecule has 0 bridgehead atoms. The molecule has 0 spiro atoms. The highest BCUT2D eigenvalue weighted by Crippen LogP contribution is 2.42. The van der Waals surface area contributed by atoms with Crippen LogP contribution < -0.4 is 0 Å². The first-order valence-corrected chi connectivity index (χ1v) is 11.3. The number of alkyl halides is 1. The van der Waals surface area contributed by atoms with Gasteiger partial charge in [-0.2, -0.15) is 0 Å². The van der Waals surface area contributed by atoms with Gasteiger partial charge in [0.25, 0.3) is 0 Å². The number of fused-ring (bicyclic) bond motifs is 1. The van der Waals surface area contributed by atoms with Crippen molar-refractivity contribution in [2.75, 3.05) is 6.54 Å². The zero-order chi connectivity index (χ0) is 25.5. The molecule has 1 aliphatic rings. The maximum Gasteiger partial charge on any atom is 0.328 e. The molecule has 4 rings (SSSR count). The molecular weight excluding hydrogens is 457 g/mol. The van der Waals surface area contributed by atoms with Crippen LogP contribution in [0.4, 0.5) is 13.2 Å². The van der Waals surface area contributed by atoms with E-state index < -0.39 is 29.3 Å². The first-order valence-electron chi connectivity index (χ1n) is 11.3. The summed E-state index contributed by atoms with van der Waals surface area (Å²) in [6.07, 6.45) is 4.13. The fraction of sp³-hybridized carbons (Fsp3) is 0.333. The molecule has 0 fully saturated rings. The molecule has 0 amide bonds. The van der Waals surface area contributed by atoms with Crippen LogP contribution in [-0.4, -0.2) is 39.2 Å². The van der Waals surface area contributed by atoms with E-state index >= 15 is 8.78 Å². The van der Waals surface area contributed by atoms with Crippen molar-refractivity contribution in [1.82, 2.24) is 9.88 Å². The van der Waals surface area contributed by atoms with Gasteiger partial charge in [0.05, 0.1) is 12.2 Å². The van der Waals surface area contributed by atoms with Crippen molar-refractivity contribution < 1.29 is 27.5 Å².